The van der Waals surface area contributed by atoms with Crippen molar-refractivity contribution in [2.75, 3.05) is 34.3 Å². The van der Waals surface area contributed by atoms with Gasteiger partial charge in [0.2, 0.25) is 0 Å². The van der Waals surface area contributed by atoms with Gasteiger partial charge in [-0.1, -0.05) is 12.1 Å². The van der Waals surface area contributed by atoms with Gasteiger partial charge in [-0.3, -0.25) is 19.3 Å². The molecule has 2 aromatic carbocycles. The van der Waals surface area contributed by atoms with Gasteiger partial charge < -0.3 is 14.2 Å². The Morgan fingerprint density at radius 3 is 2.31 bits per heavy atom. The zero-order chi connectivity index (χ0) is 25.3. The second-order valence-corrected chi connectivity index (χ2v) is 9.29. The first kappa shape index (κ1) is 24.6. The zero-order valence-electron chi connectivity index (χ0n) is 20.5. The van der Waals surface area contributed by atoms with E-state index in [4.69, 9.17) is 4.74 Å². The third-order valence-electron chi connectivity index (χ3n) is 6.70. The lowest BCUT2D eigenvalue weighted by molar-refractivity contribution is -0.124. The number of ketones is 2. The lowest BCUT2D eigenvalue weighted by Gasteiger charge is -2.31. The molecule has 1 aliphatic heterocycles. The number of hydrogen-bond donors (Lipinski definition) is 0. The Morgan fingerprint density at radius 1 is 1.06 bits per heavy atom. The van der Waals surface area contributed by atoms with Crippen LogP contribution in [0.15, 0.2) is 42.6 Å². The van der Waals surface area contributed by atoms with Gasteiger partial charge in [0.05, 0.1) is 23.8 Å². The van der Waals surface area contributed by atoms with Crippen LogP contribution >= 0.6 is 0 Å². The van der Waals surface area contributed by atoms with Gasteiger partial charge in [-0.25, -0.2) is 4.39 Å². The van der Waals surface area contributed by atoms with Crippen LogP contribution in [0.25, 0.3) is 10.9 Å². The molecule has 3 aromatic rings. The summed E-state index contributed by atoms with van der Waals surface area (Å²) in [7, 11) is 6.38. The Labute approximate surface area is 204 Å². The maximum absolute atomic E-state index is 13.5. The number of fused-ring (bicyclic) bond motifs is 1. The van der Waals surface area contributed by atoms with Crippen LogP contribution in [0.3, 0.4) is 0 Å². The lowest BCUT2D eigenvalue weighted by atomic mass is 9.87. The van der Waals surface area contributed by atoms with Gasteiger partial charge in [0, 0.05) is 51.3 Å². The van der Waals surface area contributed by atoms with Crippen LogP contribution in [0.2, 0.25) is 0 Å². The smallest absolute Gasteiger partial charge is 0.294 e. The predicted molar refractivity (Wildman–Crippen MR) is 131 cm³/mol. The largest absolute Gasteiger partial charge is 0.496 e. The van der Waals surface area contributed by atoms with Crippen molar-refractivity contribution >= 4 is 28.4 Å². The molecule has 0 N–H and O–H groups in total. The number of likely N-dealkylation sites (tertiary alicyclic amines) is 1. The zero-order valence-corrected chi connectivity index (χ0v) is 20.5. The first-order valence-corrected chi connectivity index (χ1v) is 11.6. The summed E-state index contributed by atoms with van der Waals surface area (Å²) < 4.78 is 20.5. The van der Waals surface area contributed by atoms with Crippen molar-refractivity contribution in [1.82, 2.24) is 14.4 Å². The predicted octanol–water partition coefficient (Wildman–Crippen LogP) is 3.69. The number of carbonyl (C=O) groups excluding carboxylic acids is 3. The highest BCUT2D eigenvalue weighted by Gasteiger charge is 2.30. The summed E-state index contributed by atoms with van der Waals surface area (Å²) in [5.41, 5.74) is 2.45. The minimum Gasteiger partial charge on any atom is -0.496 e. The summed E-state index contributed by atoms with van der Waals surface area (Å²) >= 11 is 0. The Morgan fingerprint density at radius 2 is 1.71 bits per heavy atom. The number of hydrogen-bond acceptors (Lipinski definition) is 5. The number of aromatic nitrogens is 1. The molecule has 1 fully saturated rings. The highest BCUT2D eigenvalue weighted by molar-refractivity contribution is 6.44. The molecule has 7 nitrogen and oxygen atoms in total. The van der Waals surface area contributed by atoms with Gasteiger partial charge in [-0.2, -0.15) is 0 Å². The number of halogens is 1. The fourth-order valence-electron chi connectivity index (χ4n) is 4.69. The summed E-state index contributed by atoms with van der Waals surface area (Å²) in [6, 6.07) is 9.94. The monoisotopic (exact) mass is 479 g/mol. The maximum Gasteiger partial charge on any atom is 0.294 e. The first-order chi connectivity index (χ1) is 16.7. The van der Waals surface area contributed by atoms with E-state index in [0.29, 0.717) is 41.6 Å². The highest BCUT2D eigenvalue weighted by atomic mass is 19.1. The summed E-state index contributed by atoms with van der Waals surface area (Å²) in [4.78, 5) is 42.2. The molecule has 0 saturated carbocycles. The molecule has 35 heavy (non-hydrogen) atoms. The van der Waals surface area contributed by atoms with E-state index in [2.05, 4.69) is 4.90 Å². The topological polar surface area (TPSA) is 71.8 Å². The molecule has 2 heterocycles. The second-order valence-electron chi connectivity index (χ2n) is 9.29. The normalized spacial score (nSPS) is 14.8. The standard InChI is InChI=1S/C27H30FN3O4/c1-29(2)27(34)26(33)22-16-30(3)23-14-24(35-4)21(13-20(22)23)25(32)18-9-11-31(12-10-18)15-17-5-7-19(28)8-6-17/h5-8,13-14,16,18H,9-12,15H2,1-4H3. The van der Waals surface area contributed by atoms with E-state index in [9.17, 15) is 18.8 Å². The molecule has 184 valence electrons. The van der Waals surface area contributed by atoms with E-state index in [-0.39, 0.29) is 23.1 Å². The van der Waals surface area contributed by atoms with Gasteiger partial charge in [-0.05, 0) is 49.7 Å². The molecule has 0 unspecified atom stereocenters. The molecule has 1 aliphatic rings. The first-order valence-electron chi connectivity index (χ1n) is 11.6. The molecule has 0 atom stereocenters. The quantitative estimate of drug-likeness (QED) is 0.382. The van der Waals surface area contributed by atoms with Crippen LogP contribution in [-0.2, 0) is 18.4 Å². The highest BCUT2D eigenvalue weighted by Crippen LogP contribution is 2.33. The van der Waals surface area contributed by atoms with Gasteiger partial charge in [0.25, 0.3) is 11.7 Å². The molecule has 1 aromatic heterocycles. The van der Waals surface area contributed by atoms with Crippen LogP contribution in [0, 0.1) is 11.7 Å². The molecular formula is C27H30FN3O4. The number of carbonyl (C=O) groups is 3. The Bertz CT molecular complexity index is 1270. The van der Waals surface area contributed by atoms with Gasteiger partial charge in [0.15, 0.2) is 5.78 Å². The van der Waals surface area contributed by atoms with Crippen molar-refractivity contribution in [2.24, 2.45) is 13.0 Å². The van der Waals surface area contributed by atoms with E-state index in [1.54, 1.807) is 42.1 Å². The van der Waals surface area contributed by atoms with E-state index in [0.717, 1.165) is 18.7 Å². The van der Waals surface area contributed by atoms with Crippen molar-refractivity contribution in [3.05, 3.63) is 65.1 Å². The number of piperidine rings is 1. The minimum atomic E-state index is -0.616. The van der Waals surface area contributed by atoms with Crippen molar-refractivity contribution in [3.8, 4) is 5.75 Å². The molecule has 1 amide bonds. The SMILES string of the molecule is COc1cc2c(cc1C(=O)C1CCN(Cc3ccc(F)cc3)CC1)c(C(=O)C(=O)N(C)C)cn2C. The molecular weight excluding hydrogens is 449 g/mol. The molecule has 4 rings (SSSR count). The summed E-state index contributed by atoms with van der Waals surface area (Å²) in [5.74, 6) is -1.22. The summed E-state index contributed by atoms with van der Waals surface area (Å²) in [6.45, 7) is 2.22. The van der Waals surface area contributed by atoms with E-state index >= 15 is 0 Å². The Hall–Kier alpha value is -3.52. The van der Waals surface area contributed by atoms with Gasteiger partial charge in [-0.15, -0.1) is 0 Å². The average Bonchev–Trinajstić information content (AvgIpc) is 3.19. The molecule has 0 bridgehead atoms. The van der Waals surface area contributed by atoms with Crippen molar-refractivity contribution in [1.29, 1.82) is 0 Å². The van der Waals surface area contributed by atoms with Crippen LogP contribution < -0.4 is 4.74 Å². The minimum absolute atomic E-state index is 0.0219. The van der Waals surface area contributed by atoms with Gasteiger partial charge >= 0.3 is 0 Å². The van der Waals surface area contributed by atoms with Crippen LogP contribution in [0.1, 0.15) is 39.1 Å². The summed E-state index contributed by atoms with van der Waals surface area (Å²) in [6.07, 6.45) is 3.01. The fourth-order valence-corrected chi connectivity index (χ4v) is 4.69. The lowest BCUT2D eigenvalue weighted by Crippen LogP contribution is -2.36. The fraction of sp³-hybridized carbons (Fsp3) is 0.370. The number of ether oxygens (including phenoxy) is 1. The number of nitrogens with zero attached hydrogens (tertiary/aromatic N) is 3. The van der Waals surface area contributed by atoms with Crippen molar-refractivity contribution < 1.29 is 23.5 Å². The second kappa shape index (κ2) is 10.00. The van der Waals surface area contributed by atoms with Crippen molar-refractivity contribution in [2.45, 2.75) is 19.4 Å². The Balaban J connectivity index is 1.56. The number of likely N-dealkylation sites (N-methyl/N-ethyl adjacent to an activating group) is 1. The number of methoxy groups -OCH3 is 1. The van der Waals surface area contributed by atoms with Gasteiger partial charge in [0.1, 0.15) is 11.6 Å². The third-order valence-corrected chi connectivity index (χ3v) is 6.70. The number of benzene rings is 2. The van der Waals surface area contributed by atoms with Crippen LogP contribution in [-0.4, -0.2) is 66.1 Å². The van der Waals surface area contributed by atoms with E-state index < -0.39 is 11.7 Å². The number of rotatable bonds is 7. The molecule has 1 saturated heterocycles. The third kappa shape index (κ3) is 4.98. The number of amides is 1. The average molecular weight is 480 g/mol. The Kier molecular flexibility index (Phi) is 7.03. The van der Waals surface area contributed by atoms with E-state index in [1.807, 2.05) is 0 Å². The summed E-state index contributed by atoms with van der Waals surface area (Å²) in [5, 5.41) is 0.561. The number of aryl methyl sites for hydroxylation is 1. The van der Waals surface area contributed by atoms with Crippen molar-refractivity contribution in [3.63, 3.8) is 0 Å². The molecule has 0 radical (unpaired) electrons. The number of Topliss-reactive ketones (excluding diaryl/α,β-unsaturated/α-hetero) is 2. The maximum atomic E-state index is 13.5. The van der Waals surface area contributed by atoms with Crippen LogP contribution in [0.5, 0.6) is 5.75 Å². The molecule has 0 aliphatic carbocycles. The molecule has 0 spiro atoms. The van der Waals surface area contributed by atoms with Crippen LogP contribution in [0.4, 0.5) is 4.39 Å². The molecule has 8 heteroatoms. The van der Waals surface area contributed by atoms with E-state index in [1.165, 1.54) is 38.2 Å².